The molecule has 1 N–H and O–H groups in total. The van der Waals surface area contributed by atoms with Gasteiger partial charge in [-0.05, 0) is 83.4 Å². The number of carbonyl (C=O) groups excluding carboxylic acids is 1. The van der Waals surface area contributed by atoms with Gasteiger partial charge in [-0.15, -0.1) is 5.10 Å². The molecule has 2 aliphatic rings. The minimum atomic E-state index is -0.661. The van der Waals surface area contributed by atoms with Crippen molar-refractivity contribution >= 4 is 39.6 Å². The molecule has 1 saturated carbocycles. The zero-order valence-electron chi connectivity index (χ0n) is 25.8. The molecular formula is C35H36BrFN4O4S. The van der Waals surface area contributed by atoms with Crippen molar-refractivity contribution in [2.45, 2.75) is 68.5 Å². The van der Waals surface area contributed by atoms with E-state index in [0.717, 1.165) is 44.1 Å². The Morgan fingerprint density at radius 2 is 1.85 bits per heavy atom. The lowest BCUT2D eigenvalue weighted by Crippen LogP contribution is -2.32. The quantitative estimate of drug-likeness (QED) is 0.123. The average Bonchev–Trinajstić information content (AvgIpc) is 3.47. The number of fused-ring (bicyclic) bond motifs is 1. The van der Waals surface area contributed by atoms with Crippen LogP contribution in [0.1, 0.15) is 61.8 Å². The van der Waals surface area contributed by atoms with Crippen LogP contribution in [0.3, 0.4) is 0 Å². The highest BCUT2D eigenvalue weighted by Crippen LogP contribution is 2.44. The third-order valence-electron chi connectivity index (χ3n) is 8.24. The second-order valence-electron chi connectivity index (χ2n) is 11.4. The lowest BCUT2D eigenvalue weighted by Gasteiger charge is -2.30. The number of halogens is 2. The topological polar surface area (TPSA) is 87.5 Å². The largest absolute Gasteiger partial charge is 0.493 e. The fourth-order valence-corrected chi connectivity index (χ4v) is 7.26. The molecule has 0 radical (unpaired) electrons. The van der Waals surface area contributed by atoms with Gasteiger partial charge in [0.05, 0.1) is 23.8 Å². The molecule has 0 saturated heterocycles. The monoisotopic (exact) mass is 706 g/mol. The van der Waals surface area contributed by atoms with Crippen molar-refractivity contribution in [2.75, 3.05) is 19.0 Å². The summed E-state index contributed by atoms with van der Waals surface area (Å²) < 4.78 is 34.8. The van der Waals surface area contributed by atoms with Gasteiger partial charge in [-0.25, -0.2) is 13.9 Å². The molecule has 0 bridgehead atoms. The Morgan fingerprint density at radius 1 is 1.09 bits per heavy atom. The van der Waals surface area contributed by atoms with Gasteiger partial charge in [0, 0.05) is 17.9 Å². The SMILES string of the molecule is COc1cc(C2C(C(=O)OC3CCCCC3)=C(C)Nc3nc(SCc4ccccc4F)nn32)cc(Br)c1OCCc1ccccc1. The van der Waals surface area contributed by atoms with Gasteiger partial charge in [0.25, 0.3) is 0 Å². The molecule has 1 aliphatic heterocycles. The number of rotatable bonds is 11. The van der Waals surface area contributed by atoms with E-state index in [9.17, 15) is 9.18 Å². The number of methoxy groups -OCH3 is 1. The predicted molar refractivity (Wildman–Crippen MR) is 180 cm³/mol. The molecule has 1 fully saturated rings. The summed E-state index contributed by atoms with van der Waals surface area (Å²) >= 11 is 5.04. The summed E-state index contributed by atoms with van der Waals surface area (Å²) in [4.78, 5) is 18.6. The first-order valence-corrected chi connectivity index (χ1v) is 17.2. The van der Waals surface area contributed by atoms with Gasteiger partial charge in [-0.2, -0.15) is 4.98 Å². The van der Waals surface area contributed by atoms with Gasteiger partial charge in [0.1, 0.15) is 18.0 Å². The predicted octanol–water partition coefficient (Wildman–Crippen LogP) is 8.27. The Bertz CT molecular complexity index is 1730. The standard InChI is InChI=1S/C35H36BrFN4O4S/c1-22-30(33(42)45-26-14-7-4-8-15-26)31(41-34(38-22)39-35(40-41)46-21-24-13-9-10-16-28(24)37)25-19-27(36)32(29(20-25)43-2)44-18-17-23-11-5-3-6-12-23/h3,5-6,9-13,16,19-20,26,31H,4,7-8,14-15,17-18,21H2,1-2H3,(H,38,39,40). The number of allylic oxidation sites excluding steroid dienone is 1. The first kappa shape index (κ1) is 32.1. The molecular weight excluding hydrogens is 671 g/mol. The Balaban J connectivity index is 1.32. The van der Waals surface area contributed by atoms with Crippen LogP contribution < -0.4 is 14.8 Å². The summed E-state index contributed by atoms with van der Waals surface area (Å²) in [5.41, 5.74) is 3.56. The zero-order valence-corrected chi connectivity index (χ0v) is 28.2. The summed E-state index contributed by atoms with van der Waals surface area (Å²) in [7, 11) is 1.59. The minimum absolute atomic E-state index is 0.118. The van der Waals surface area contributed by atoms with E-state index >= 15 is 0 Å². The van der Waals surface area contributed by atoms with Crippen molar-refractivity contribution in [1.29, 1.82) is 0 Å². The Morgan fingerprint density at radius 3 is 2.61 bits per heavy atom. The lowest BCUT2D eigenvalue weighted by atomic mass is 9.94. The van der Waals surface area contributed by atoms with Crippen LogP contribution in [0, 0.1) is 5.82 Å². The number of nitrogens with one attached hydrogen (secondary N) is 1. The molecule has 46 heavy (non-hydrogen) atoms. The fraction of sp³-hybridized carbons (Fsp3) is 0.343. The van der Waals surface area contributed by atoms with Crippen molar-refractivity contribution in [1.82, 2.24) is 14.8 Å². The van der Waals surface area contributed by atoms with E-state index in [1.54, 1.807) is 30.0 Å². The summed E-state index contributed by atoms with van der Waals surface area (Å²) in [5, 5.41) is 8.54. The maximum atomic E-state index is 14.3. The molecule has 1 atom stereocenters. The summed E-state index contributed by atoms with van der Waals surface area (Å²) in [6.07, 6.45) is 5.58. The van der Waals surface area contributed by atoms with E-state index in [1.165, 1.54) is 23.4 Å². The number of esters is 1. The molecule has 1 aromatic heterocycles. The van der Waals surface area contributed by atoms with Crippen LogP contribution in [0.5, 0.6) is 11.5 Å². The number of ether oxygens (including phenoxy) is 3. The average molecular weight is 708 g/mol. The minimum Gasteiger partial charge on any atom is -0.493 e. The van der Waals surface area contributed by atoms with Crippen LogP contribution in [-0.2, 0) is 21.7 Å². The molecule has 1 aliphatic carbocycles. The van der Waals surface area contributed by atoms with Gasteiger partial charge in [-0.1, -0.05) is 66.7 Å². The van der Waals surface area contributed by atoms with Gasteiger partial charge < -0.3 is 19.5 Å². The van der Waals surface area contributed by atoms with Crippen molar-refractivity contribution < 1.29 is 23.4 Å². The van der Waals surface area contributed by atoms with Gasteiger partial charge in [0.2, 0.25) is 11.1 Å². The zero-order chi connectivity index (χ0) is 32.0. The molecule has 11 heteroatoms. The molecule has 1 unspecified atom stereocenters. The number of aromatic nitrogens is 3. The summed E-state index contributed by atoms with van der Waals surface area (Å²) in [6, 6.07) is 19.9. The van der Waals surface area contributed by atoms with Crippen molar-refractivity contribution in [3.8, 4) is 11.5 Å². The van der Waals surface area contributed by atoms with Gasteiger partial charge in [-0.3, -0.25) is 0 Å². The van der Waals surface area contributed by atoms with Crippen molar-refractivity contribution in [3.05, 3.63) is 105 Å². The van der Waals surface area contributed by atoms with E-state index < -0.39 is 6.04 Å². The van der Waals surface area contributed by atoms with Gasteiger partial charge >= 0.3 is 5.97 Å². The van der Waals surface area contributed by atoms with Crippen LogP contribution >= 0.6 is 27.7 Å². The van der Waals surface area contributed by atoms with Crippen LogP contribution in [-0.4, -0.2) is 40.6 Å². The molecule has 8 nitrogen and oxygen atoms in total. The number of thioether (sulfide) groups is 1. The Hall–Kier alpha value is -3.83. The molecule has 2 heterocycles. The molecule has 3 aromatic carbocycles. The van der Waals surface area contributed by atoms with Crippen LogP contribution in [0.2, 0.25) is 0 Å². The van der Waals surface area contributed by atoms with Crippen LogP contribution in [0.15, 0.2) is 87.6 Å². The molecule has 6 rings (SSSR count). The normalized spacial score (nSPS) is 16.5. The Kier molecular flexibility index (Phi) is 10.3. The fourth-order valence-electron chi connectivity index (χ4n) is 5.87. The van der Waals surface area contributed by atoms with E-state index in [4.69, 9.17) is 24.3 Å². The van der Waals surface area contributed by atoms with E-state index in [2.05, 4.69) is 33.4 Å². The number of benzene rings is 3. The number of hydrogen-bond donors (Lipinski definition) is 1. The van der Waals surface area contributed by atoms with E-state index in [-0.39, 0.29) is 17.9 Å². The Labute approximate surface area is 280 Å². The third-order valence-corrected chi connectivity index (χ3v) is 9.72. The first-order valence-electron chi connectivity index (χ1n) is 15.5. The number of anilines is 1. The van der Waals surface area contributed by atoms with Crippen molar-refractivity contribution in [2.24, 2.45) is 0 Å². The molecule has 4 aromatic rings. The smallest absolute Gasteiger partial charge is 0.338 e. The number of hydrogen-bond acceptors (Lipinski definition) is 8. The third kappa shape index (κ3) is 7.25. The molecule has 240 valence electrons. The first-order chi connectivity index (χ1) is 22.4. The van der Waals surface area contributed by atoms with Crippen molar-refractivity contribution in [3.63, 3.8) is 0 Å². The number of carbonyl (C=O) groups is 1. The molecule has 0 amide bonds. The second-order valence-corrected chi connectivity index (χ2v) is 13.2. The molecule has 0 spiro atoms. The summed E-state index contributed by atoms with van der Waals surface area (Å²) in [6.45, 7) is 2.31. The highest BCUT2D eigenvalue weighted by atomic mass is 79.9. The van der Waals surface area contributed by atoms with Crippen LogP contribution in [0.25, 0.3) is 0 Å². The van der Waals surface area contributed by atoms with Gasteiger partial charge in [0.15, 0.2) is 11.5 Å². The highest BCUT2D eigenvalue weighted by Gasteiger charge is 2.37. The van der Waals surface area contributed by atoms with Crippen LogP contribution in [0.4, 0.5) is 10.3 Å². The maximum Gasteiger partial charge on any atom is 0.338 e. The van der Waals surface area contributed by atoms with E-state index in [1.807, 2.05) is 37.3 Å². The second kappa shape index (κ2) is 14.7. The summed E-state index contributed by atoms with van der Waals surface area (Å²) in [5.74, 6) is 1.27. The lowest BCUT2D eigenvalue weighted by molar-refractivity contribution is -0.146. The highest BCUT2D eigenvalue weighted by molar-refractivity contribution is 9.10. The van der Waals surface area contributed by atoms with E-state index in [0.29, 0.717) is 56.3 Å². The number of nitrogens with zero attached hydrogens (tertiary/aromatic N) is 3. The maximum absolute atomic E-state index is 14.3.